The Morgan fingerprint density at radius 1 is 1.54 bits per heavy atom. The van der Waals surface area contributed by atoms with E-state index in [1.165, 1.54) is 0 Å². The Morgan fingerprint density at radius 2 is 2.15 bits per heavy atom. The number of halogens is 4. The number of nitrogens with zero attached hydrogens (tertiary/aromatic N) is 1. The van der Waals surface area contributed by atoms with Crippen LogP contribution in [0.1, 0.15) is 17.7 Å². The molecule has 2 N–H and O–H groups in total. The molecule has 6 heteroatoms. The number of pyridine rings is 1. The Balaban J connectivity index is 3.27. The van der Waals surface area contributed by atoms with Crippen molar-refractivity contribution in [3.8, 4) is 0 Å². The summed E-state index contributed by atoms with van der Waals surface area (Å²) in [6, 6.07) is 0. The molecule has 72 valence electrons. The van der Waals surface area contributed by atoms with Crippen molar-refractivity contribution in [2.45, 2.75) is 13.0 Å². The first-order valence-corrected chi connectivity index (χ1v) is 3.76. The molecule has 1 aromatic rings. The Bertz CT molecular complexity index is 317. The smallest absolute Gasteiger partial charge is 0.283 e. The van der Waals surface area contributed by atoms with Crippen molar-refractivity contribution in [1.82, 2.24) is 4.98 Å². The minimum absolute atomic E-state index is 0.0376. The van der Waals surface area contributed by atoms with E-state index in [0.29, 0.717) is 0 Å². The summed E-state index contributed by atoms with van der Waals surface area (Å²) in [5.41, 5.74) is 4.08. The average molecular weight is 211 g/mol. The van der Waals surface area contributed by atoms with Gasteiger partial charge in [0.05, 0.1) is 5.02 Å². The minimum atomic E-state index is -2.96. The zero-order chi connectivity index (χ0) is 10.0. The summed E-state index contributed by atoms with van der Waals surface area (Å²) in [7, 11) is 0. The second-order valence-electron chi connectivity index (χ2n) is 2.29. The molecule has 0 spiro atoms. The van der Waals surface area contributed by atoms with Crippen molar-refractivity contribution >= 4 is 11.6 Å². The predicted molar refractivity (Wildman–Crippen MR) is 42.1 cm³/mol. The van der Waals surface area contributed by atoms with E-state index in [1.807, 2.05) is 0 Å². The van der Waals surface area contributed by atoms with Gasteiger partial charge in [-0.3, -0.25) is 4.98 Å². The van der Waals surface area contributed by atoms with E-state index in [9.17, 15) is 13.2 Å². The lowest BCUT2D eigenvalue weighted by atomic mass is 10.2. The first-order valence-electron chi connectivity index (χ1n) is 3.39. The number of nitrogens with two attached hydrogens (primary N) is 1. The van der Waals surface area contributed by atoms with E-state index >= 15 is 0 Å². The Kier molecular flexibility index (Phi) is 3.11. The van der Waals surface area contributed by atoms with Crippen LogP contribution in [0.5, 0.6) is 0 Å². The van der Waals surface area contributed by atoms with Crippen molar-refractivity contribution in [2.24, 2.45) is 5.73 Å². The Labute approximate surface area is 77.5 Å². The maximum absolute atomic E-state index is 13.1. The molecule has 0 aliphatic rings. The highest BCUT2D eigenvalue weighted by Crippen LogP contribution is 2.25. The molecule has 0 radical (unpaired) electrons. The summed E-state index contributed by atoms with van der Waals surface area (Å²) in [5, 5.41) is -0.0376. The van der Waals surface area contributed by atoms with Gasteiger partial charge >= 0.3 is 0 Å². The fourth-order valence-electron chi connectivity index (χ4n) is 0.859. The molecular formula is C7H6ClF3N2. The summed E-state index contributed by atoms with van der Waals surface area (Å²) < 4.78 is 37.3. The number of aromatic nitrogens is 1. The number of hydrogen-bond donors (Lipinski definition) is 1. The molecule has 1 heterocycles. The SMILES string of the molecule is NCc1c(Cl)cnc(C(F)F)c1F. The monoisotopic (exact) mass is 210 g/mol. The Hall–Kier alpha value is -0.810. The van der Waals surface area contributed by atoms with Gasteiger partial charge in [0.25, 0.3) is 6.43 Å². The molecule has 0 fully saturated rings. The average Bonchev–Trinajstić information content (AvgIpc) is 2.04. The van der Waals surface area contributed by atoms with Gasteiger partial charge in [0.1, 0.15) is 5.69 Å². The molecule has 0 aliphatic carbocycles. The molecule has 1 rings (SSSR count). The lowest BCUT2D eigenvalue weighted by molar-refractivity contribution is 0.140. The normalized spacial score (nSPS) is 10.9. The van der Waals surface area contributed by atoms with Gasteiger partial charge in [0.15, 0.2) is 5.82 Å². The molecule has 0 saturated carbocycles. The third-order valence-electron chi connectivity index (χ3n) is 1.51. The third kappa shape index (κ3) is 1.92. The Morgan fingerprint density at radius 3 is 2.62 bits per heavy atom. The van der Waals surface area contributed by atoms with Crippen LogP contribution in [0.3, 0.4) is 0 Å². The highest BCUT2D eigenvalue weighted by molar-refractivity contribution is 6.31. The van der Waals surface area contributed by atoms with E-state index in [1.54, 1.807) is 0 Å². The summed E-state index contributed by atoms with van der Waals surface area (Å²) in [5.74, 6) is -1.12. The zero-order valence-electron chi connectivity index (χ0n) is 6.40. The molecular weight excluding hydrogens is 205 g/mol. The summed E-state index contributed by atoms with van der Waals surface area (Å²) >= 11 is 5.48. The largest absolute Gasteiger partial charge is 0.326 e. The van der Waals surface area contributed by atoms with Gasteiger partial charge in [-0.15, -0.1) is 0 Å². The van der Waals surface area contributed by atoms with Crippen LogP contribution in [0.15, 0.2) is 6.20 Å². The first kappa shape index (κ1) is 10.3. The van der Waals surface area contributed by atoms with Gasteiger partial charge in [0, 0.05) is 18.3 Å². The van der Waals surface area contributed by atoms with E-state index in [-0.39, 0.29) is 17.1 Å². The number of alkyl halides is 2. The van der Waals surface area contributed by atoms with Crippen LogP contribution in [-0.2, 0) is 6.54 Å². The molecule has 0 unspecified atom stereocenters. The van der Waals surface area contributed by atoms with Crippen LogP contribution < -0.4 is 5.73 Å². The maximum atomic E-state index is 13.1. The van der Waals surface area contributed by atoms with Crippen molar-refractivity contribution in [3.05, 3.63) is 28.3 Å². The molecule has 13 heavy (non-hydrogen) atoms. The molecule has 0 saturated heterocycles. The topological polar surface area (TPSA) is 38.9 Å². The number of rotatable bonds is 2. The van der Waals surface area contributed by atoms with Gasteiger partial charge in [0.2, 0.25) is 0 Å². The summed E-state index contributed by atoms with van der Waals surface area (Å²) in [6.07, 6.45) is -1.99. The first-order chi connectivity index (χ1) is 6.07. The summed E-state index contributed by atoms with van der Waals surface area (Å²) in [6.45, 7) is -0.229. The van der Waals surface area contributed by atoms with Crippen molar-refractivity contribution in [1.29, 1.82) is 0 Å². The van der Waals surface area contributed by atoms with Gasteiger partial charge in [-0.25, -0.2) is 13.2 Å². The van der Waals surface area contributed by atoms with Crippen LogP contribution in [-0.4, -0.2) is 4.98 Å². The number of hydrogen-bond acceptors (Lipinski definition) is 2. The highest BCUT2D eigenvalue weighted by atomic mass is 35.5. The van der Waals surface area contributed by atoms with Crippen LogP contribution in [0, 0.1) is 5.82 Å². The maximum Gasteiger partial charge on any atom is 0.283 e. The van der Waals surface area contributed by atoms with E-state index in [4.69, 9.17) is 17.3 Å². The standard InChI is InChI=1S/C7H6ClF3N2/c8-4-2-13-6(7(10)11)5(9)3(4)1-12/h2,7H,1,12H2. The van der Waals surface area contributed by atoms with Gasteiger partial charge in [-0.05, 0) is 0 Å². The molecule has 0 aromatic carbocycles. The van der Waals surface area contributed by atoms with Crippen LogP contribution in [0.25, 0.3) is 0 Å². The lowest BCUT2D eigenvalue weighted by Crippen LogP contribution is -2.06. The molecule has 2 nitrogen and oxygen atoms in total. The van der Waals surface area contributed by atoms with Crippen molar-refractivity contribution in [2.75, 3.05) is 0 Å². The molecule has 0 aliphatic heterocycles. The van der Waals surface area contributed by atoms with Crippen LogP contribution in [0.2, 0.25) is 5.02 Å². The quantitative estimate of drug-likeness (QED) is 0.813. The fraction of sp³-hybridized carbons (Fsp3) is 0.286. The molecule has 0 atom stereocenters. The minimum Gasteiger partial charge on any atom is -0.326 e. The van der Waals surface area contributed by atoms with Crippen LogP contribution >= 0.6 is 11.6 Å². The van der Waals surface area contributed by atoms with Crippen molar-refractivity contribution in [3.63, 3.8) is 0 Å². The van der Waals surface area contributed by atoms with E-state index < -0.39 is 17.9 Å². The van der Waals surface area contributed by atoms with Crippen molar-refractivity contribution < 1.29 is 13.2 Å². The second-order valence-corrected chi connectivity index (χ2v) is 2.70. The van der Waals surface area contributed by atoms with Gasteiger partial charge < -0.3 is 5.73 Å². The van der Waals surface area contributed by atoms with E-state index in [2.05, 4.69) is 4.98 Å². The highest BCUT2D eigenvalue weighted by Gasteiger charge is 2.19. The molecule has 1 aromatic heterocycles. The fourth-order valence-corrected chi connectivity index (χ4v) is 1.07. The van der Waals surface area contributed by atoms with E-state index in [0.717, 1.165) is 6.20 Å². The molecule has 0 amide bonds. The second kappa shape index (κ2) is 3.93. The lowest BCUT2D eigenvalue weighted by Gasteiger charge is -2.06. The van der Waals surface area contributed by atoms with Crippen LogP contribution in [0.4, 0.5) is 13.2 Å². The molecule has 0 bridgehead atoms. The van der Waals surface area contributed by atoms with Gasteiger partial charge in [-0.2, -0.15) is 0 Å². The zero-order valence-corrected chi connectivity index (χ0v) is 7.15. The predicted octanol–water partition coefficient (Wildman–Crippen LogP) is 2.27. The third-order valence-corrected chi connectivity index (χ3v) is 1.83. The van der Waals surface area contributed by atoms with Gasteiger partial charge in [-0.1, -0.05) is 11.6 Å². The summed E-state index contributed by atoms with van der Waals surface area (Å²) in [4.78, 5) is 3.17.